The number of rotatable bonds is 16. The van der Waals surface area contributed by atoms with Crippen molar-refractivity contribution in [3.63, 3.8) is 0 Å². The normalized spacial score (nSPS) is 40.6. The van der Waals surface area contributed by atoms with E-state index in [4.69, 9.17) is 46.6 Å². The topological polar surface area (TPSA) is 107 Å². The van der Waals surface area contributed by atoms with Gasteiger partial charge in [0.15, 0.2) is 5.25 Å². The van der Waals surface area contributed by atoms with E-state index in [1.54, 1.807) is 0 Å². The molecule has 29 heavy (non-hydrogen) atoms. The van der Waals surface area contributed by atoms with Gasteiger partial charge in [-0.1, -0.05) is 65.6 Å². The molecule has 0 heterocycles. The molecule has 0 amide bonds. The van der Waals surface area contributed by atoms with Crippen LogP contribution in [-0.4, -0.2) is 72.8 Å². The third-order valence-corrected chi connectivity index (χ3v) is 3.32. The molecule has 0 saturated carbocycles. The second-order valence-corrected chi connectivity index (χ2v) is 5.66. The van der Waals surface area contributed by atoms with Gasteiger partial charge in [-0.2, -0.15) is 8.42 Å². The van der Waals surface area contributed by atoms with Gasteiger partial charge in [-0.25, -0.2) is 0 Å². The number of carbonyl (C=O) groups excluding carboxylic acids is 2. The van der Waals surface area contributed by atoms with Gasteiger partial charge in [-0.05, 0) is 24.5 Å². The summed E-state index contributed by atoms with van der Waals surface area (Å²) < 4.78 is 309. The molecule has 167 valence electrons. The zero-order chi connectivity index (χ0) is 51.4. The first-order chi connectivity index (χ1) is 26.1. The van der Waals surface area contributed by atoms with Gasteiger partial charge >= 0.3 is 11.9 Å². The molecule has 1 N–H and O–H groups in total. The van der Waals surface area contributed by atoms with Crippen molar-refractivity contribution in [2.24, 2.45) is 11.8 Å². The van der Waals surface area contributed by atoms with Crippen LogP contribution in [0.25, 0.3) is 0 Å². The minimum Gasteiger partial charge on any atom is -0.465 e. The summed E-state index contributed by atoms with van der Waals surface area (Å²) in [6.45, 7) is -28.1. The molecule has 0 saturated heterocycles. The monoisotopic (exact) mass is 479 g/mol. The first kappa shape index (κ1) is 6.04. The van der Waals surface area contributed by atoms with E-state index in [-0.39, 0.29) is 29.6 Å². The molecule has 7 nitrogen and oxygen atoms in total. The smallest absolute Gasteiger partial charge is 0.327 e. The van der Waals surface area contributed by atoms with Crippen molar-refractivity contribution in [3.05, 3.63) is 0 Å². The van der Waals surface area contributed by atoms with Gasteiger partial charge in [-0.15, -0.1) is 0 Å². The zero-order valence-corrected chi connectivity index (χ0v) is 17.4. The fourth-order valence-corrected chi connectivity index (χ4v) is 1.77. The van der Waals surface area contributed by atoms with Crippen LogP contribution in [0.4, 0.5) is 0 Å². The summed E-state index contributed by atoms with van der Waals surface area (Å²) in [5.41, 5.74) is 0. The Balaban J connectivity index is 0. The van der Waals surface area contributed by atoms with E-state index in [0.717, 1.165) is 0 Å². The van der Waals surface area contributed by atoms with Crippen molar-refractivity contribution < 1.29 is 78.6 Å². The fraction of sp³-hybridized carbons (Fsp3) is 0.900. The van der Waals surface area contributed by atoms with Gasteiger partial charge in [0.1, 0.15) is 0 Å². The van der Waals surface area contributed by atoms with Crippen molar-refractivity contribution in [2.45, 2.75) is 90.1 Å². The van der Waals surface area contributed by atoms with Crippen molar-refractivity contribution >= 4 is 51.6 Å². The minimum atomic E-state index is -6.47. The Bertz CT molecular complexity index is 1790. The van der Waals surface area contributed by atoms with Crippen LogP contribution < -0.4 is 0 Å². The second kappa shape index (κ2) is 17.5. The molecule has 0 rings (SSSR count). The Morgan fingerprint density at radius 3 is 1.97 bits per heavy atom. The zero-order valence-electron chi connectivity index (χ0n) is 48.6. The van der Waals surface area contributed by atoms with Gasteiger partial charge in [0.05, 0.1) is 25.0 Å². The van der Waals surface area contributed by atoms with Gasteiger partial charge < -0.3 is 9.47 Å². The molecule has 0 spiro atoms. The third-order valence-electron chi connectivity index (χ3n) is 2.25. The van der Waals surface area contributed by atoms with Crippen molar-refractivity contribution in [1.29, 1.82) is 0 Å². The predicted molar refractivity (Wildman–Crippen MR) is 114 cm³/mol. The van der Waals surface area contributed by atoms with Crippen LogP contribution in [0.3, 0.4) is 0 Å². The maximum atomic E-state index is 13.2. The summed E-state index contributed by atoms with van der Waals surface area (Å²) >= 11 is 0. The first-order valence-corrected chi connectivity index (χ1v) is 8.03. The molecule has 0 aromatic heterocycles. The first-order valence-electron chi connectivity index (χ1n) is 23.5. The van der Waals surface area contributed by atoms with E-state index in [2.05, 4.69) is 9.47 Å². The van der Waals surface area contributed by atoms with Crippen molar-refractivity contribution in [2.75, 3.05) is 13.1 Å². The molecule has 0 aliphatic heterocycles. The van der Waals surface area contributed by atoms with Crippen LogP contribution in [0.5, 0.6) is 0 Å². The van der Waals surface area contributed by atoms with Gasteiger partial charge in [0.25, 0.3) is 10.1 Å². The quantitative estimate of drug-likeness (QED) is 0.204. The molecule has 0 bridgehead atoms. The largest absolute Gasteiger partial charge is 0.465 e. The molecule has 3 unspecified atom stereocenters. The molecular weight excluding hydrogens is 407 g/mol. The van der Waals surface area contributed by atoms with E-state index in [1.165, 1.54) is 0 Å². The Labute approximate surface area is 246 Å². The molecule has 0 fully saturated rings. The Hall–Kier alpha value is -0.150. The minimum absolute atomic E-state index is 0. The maximum Gasteiger partial charge on any atom is 0.327 e. The van der Waals surface area contributed by atoms with Crippen LogP contribution in [0.2, 0.25) is 0 Å². The summed E-state index contributed by atoms with van der Waals surface area (Å²) in [5, 5.41) is -3.91. The number of hydrogen-bond donors (Lipinski definition) is 1. The number of carbonyl (C=O) groups is 2. The SMILES string of the molecule is [2H]C([2H])([2H])C([2H])([2H])C([2H])([2H])C([2H])([2H])C([2H])(C([2H])([2H])OC(=O)CC(C(=O)OC([2H])([2H])C([2H])(C([2H])([2H])C([2H])([2H])[2H])C([2H])([2H])C([2H])([2H])C([2H])([2H])C([2H])([2H])[2H])S(=O)(=O)O)C([2H])([2H])C([2H])([2H])[2H].[Na]. The average Bonchev–Trinajstić information content (AvgIpc) is 2.98. The fourth-order valence-electron chi connectivity index (χ4n) is 1.13. The van der Waals surface area contributed by atoms with Gasteiger partial charge in [0, 0.05) is 70.7 Å². The standard InChI is InChI=1S/C20H38O7S.Na/c1-5-9-11-16(7-3)14-26-19(21)13-18(28(23,24)25)20(22)27-15-17(8-4)12-10-6-2;/h16-18H,5-15H2,1-4H3,(H,23,24,25);/i1D3,2D3,3D3,4D3,5D2,6D2,7D2,8D2,9D2,10D2,11D2,12D2,14D2,15D2,16D,17D;. The predicted octanol–water partition coefficient (Wildman–Crippen LogP) is 3.77. The van der Waals surface area contributed by atoms with Crippen LogP contribution in [0.15, 0.2) is 0 Å². The summed E-state index contributed by atoms with van der Waals surface area (Å²) in [6.07, 6.45) is -42.0. The summed E-state index contributed by atoms with van der Waals surface area (Å²) in [5.74, 6) is -16.6. The maximum absolute atomic E-state index is 13.2. The van der Waals surface area contributed by atoms with Gasteiger partial charge in [0.2, 0.25) is 0 Å². The van der Waals surface area contributed by atoms with Crippen LogP contribution in [0, 0.1) is 11.8 Å². The molecule has 0 aliphatic rings. The number of hydrogen-bond acceptors (Lipinski definition) is 6. The van der Waals surface area contributed by atoms with E-state index < -0.39 is 137 Å². The number of esters is 2. The Morgan fingerprint density at radius 2 is 1.52 bits per heavy atom. The Kier molecular flexibility index (Phi) is 3.65. The molecule has 0 aromatic carbocycles. The Morgan fingerprint density at radius 1 is 1.00 bits per heavy atom. The summed E-state index contributed by atoms with van der Waals surface area (Å²) in [7, 11) is -6.47. The number of ether oxygens (including phenoxy) is 2. The molecular formula is C20H38NaO7S. The summed E-state index contributed by atoms with van der Waals surface area (Å²) in [4.78, 5) is 26.3. The molecule has 9 heteroatoms. The molecule has 0 aliphatic carbocycles. The van der Waals surface area contributed by atoms with Crippen LogP contribution in [0.1, 0.15) is 131 Å². The second-order valence-electron chi connectivity index (χ2n) is 4.06. The van der Waals surface area contributed by atoms with E-state index in [1.807, 2.05) is 0 Å². The van der Waals surface area contributed by atoms with E-state index in [0.29, 0.717) is 0 Å². The average molecular weight is 480 g/mol. The van der Waals surface area contributed by atoms with Crippen molar-refractivity contribution in [1.82, 2.24) is 0 Å². The van der Waals surface area contributed by atoms with E-state index >= 15 is 0 Å². The van der Waals surface area contributed by atoms with Crippen LogP contribution >= 0.6 is 0 Å². The van der Waals surface area contributed by atoms with E-state index in [9.17, 15) is 22.6 Å². The molecule has 0 aromatic rings. The molecule has 3 atom stereocenters. The van der Waals surface area contributed by atoms with Crippen molar-refractivity contribution in [3.8, 4) is 0 Å². The molecule has 1 radical (unpaired) electrons. The third kappa shape index (κ3) is 14.5. The van der Waals surface area contributed by atoms with Gasteiger partial charge in [-0.3, -0.25) is 14.1 Å². The van der Waals surface area contributed by atoms with Crippen LogP contribution in [-0.2, 0) is 29.2 Å². The summed E-state index contributed by atoms with van der Waals surface area (Å²) in [6, 6.07) is 0.